The van der Waals surface area contributed by atoms with Gasteiger partial charge in [-0.15, -0.1) is 0 Å². The van der Waals surface area contributed by atoms with E-state index in [-0.39, 0.29) is 5.92 Å². The zero-order valence-electron chi connectivity index (χ0n) is 14.8. The molecule has 1 aromatic rings. The van der Waals surface area contributed by atoms with Gasteiger partial charge >= 0.3 is 11.8 Å². The van der Waals surface area contributed by atoms with Crippen molar-refractivity contribution in [1.82, 2.24) is 15.1 Å². The van der Waals surface area contributed by atoms with Gasteiger partial charge in [-0.25, -0.2) is 0 Å². The van der Waals surface area contributed by atoms with Gasteiger partial charge in [0.05, 0.1) is 11.6 Å². The number of hydrogen-bond acceptors (Lipinski definition) is 5. The molecule has 134 valence electrons. The number of hydrogen-bond donors (Lipinski definition) is 2. The molecule has 0 radical (unpaired) electrons. The first-order valence-electron chi connectivity index (χ1n) is 8.48. The SMILES string of the molecule is C[C@H](CNC(=O)C(=O)Nc1cccc(C#N)c1)CN1CCN(C)CC1. The maximum absolute atomic E-state index is 11.9. The summed E-state index contributed by atoms with van der Waals surface area (Å²) in [6.07, 6.45) is 0. The first-order chi connectivity index (χ1) is 12.0. The topological polar surface area (TPSA) is 88.5 Å². The molecule has 7 nitrogen and oxygen atoms in total. The molecule has 2 amide bonds. The van der Waals surface area contributed by atoms with Crippen molar-refractivity contribution >= 4 is 17.5 Å². The number of rotatable bonds is 5. The fourth-order valence-electron chi connectivity index (χ4n) is 2.74. The standard InChI is InChI=1S/C18H25N5O2/c1-14(13-23-8-6-22(2)7-9-23)12-20-17(24)18(25)21-16-5-3-4-15(10-16)11-19/h3-5,10,14H,6-9,12-13H2,1-2H3,(H,20,24)(H,21,25)/t14-/m1/s1. The molecule has 0 aliphatic carbocycles. The van der Waals surface area contributed by atoms with E-state index in [0.717, 1.165) is 32.7 Å². The normalized spacial score (nSPS) is 16.7. The Morgan fingerprint density at radius 3 is 2.64 bits per heavy atom. The van der Waals surface area contributed by atoms with Crippen molar-refractivity contribution in [2.24, 2.45) is 5.92 Å². The van der Waals surface area contributed by atoms with Gasteiger partial charge in [0.2, 0.25) is 0 Å². The second-order valence-corrected chi connectivity index (χ2v) is 6.57. The van der Waals surface area contributed by atoms with E-state index in [4.69, 9.17) is 5.26 Å². The predicted molar refractivity (Wildman–Crippen MR) is 95.9 cm³/mol. The molecule has 1 fully saturated rings. The van der Waals surface area contributed by atoms with Crippen LogP contribution in [-0.2, 0) is 9.59 Å². The molecule has 0 unspecified atom stereocenters. The third-order valence-electron chi connectivity index (χ3n) is 4.23. The quantitative estimate of drug-likeness (QED) is 0.760. The summed E-state index contributed by atoms with van der Waals surface area (Å²) < 4.78 is 0. The van der Waals surface area contributed by atoms with Crippen LogP contribution in [0.5, 0.6) is 0 Å². The number of amides is 2. The van der Waals surface area contributed by atoms with Gasteiger partial charge in [0.15, 0.2) is 0 Å². The summed E-state index contributed by atoms with van der Waals surface area (Å²) in [5, 5.41) is 14.0. The average Bonchev–Trinajstić information content (AvgIpc) is 2.61. The van der Waals surface area contributed by atoms with Gasteiger partial charge in [0.1, 0.15) is 0 Å². The molecule has 1 atom stereocenters. The summed E-state index contributed by atoms with van der Waals surface area (Å²) >= 11 is 0. The Bertz CT molecular complexity index is 647. The highest BCUT2D eigenvalue weighted by atomic mass is 16.2. The van der Waals surface area contributed by atoms with Crippen LogP contribution in [0.3, 0.4) is 0 Å². The van der Waals surface area contributed by atoms with E-state index in [0.29, 0.717) is 17.8 Å². The van der Waals surface area contributed by atoms with Gasteiger partial charge < -0.3 is 20.4 Å². The van der Waals surface area contributed by atoms with Crippen molar-refractivity contribution < 1.29 is 9.59 Å². The van der Waals surface area contributed by atoms with Crippen LogP contribution >= 0.6 is 0 Å². The Kier molecular flexibility index (Phi) is 6.92. The Morgan fingerprint density at radius 2 is 1.96 bits per heavy atom. The molecule has 25 heavy (non-hydrogen) atoms. The van der Waals surface area contributed by atoms with Gasteiger partial charge in [-0.05, 0) is 31.2 Å². The van der Waals surface area contributed by atoms with E-state index >= 15 is 0 Å². The van der Waals surface area contributed by atoms with Crippen molar-refractivity contribution in [2.45, 2.75) is 6.92 Å². The first-order valence-corrected chi connectivity index (χ1v) is 8.48. The van der Waals surface area contributed by atoms with E-state index in [1.807, 2.05) is 6.07 Å². The lowest BCUT2D eigenvalue weighted by atomic mass is 10.1. The minimum absolute atomic E-state index is 0.266. The zero-order valence-corrected chi connectivity index (χ0v) is 14.8. The summed E-state index contributed by atoms with van der Waals surface area (Å²) in [6, 6.07) is 8.45. The van der Waals surface area contributed by atoms with E-state index in [1.165, 1.54) is 6.07 Å². The van der Waals surface area contributed by atoms with Crippen LogP contribution in [0.2, 0.25) is 0 Å². The molecular weight excluding hydrogens is 318 g/mol. The molecule has 1 heterocycles. The third kappa shape index (κ3) is 6.18. The Hall–Kier alpha value is -2.43. The molecule has 2 rings (SSSR count). The van der Waals surface area contributed by atoms with E-state index in [9.17, 15) is 9.59 Å². The molecule has 1 aromatic carbocycles. The minimum atomic E-state index is -0.720. The molecular formula is C18H25N5O2. The Morgan fingerprint density at radius 1 is 1.24 bits per heavy atom. The number of carbonyl (C=O) groups is 2. The summed E-state index contributed by atoms with van der Waals surface area (Å²) in [4.78, 5) is 28.5. The second-order valence-electron chi connectivity index (χ2n) is 6.57. The van der Waals surface area contributed by atoms with Crippen molar-refractivity contribution in [1.29, 1.82) is 5.26 Å². The predicted octanol–water partition coefficient (Wildman–Crippen LogP) is 0.496. The van der Waals surface area contributed by atoms with Crippen LogP contribution in [0.15, 0.2) is 24.3 Å². The zero-order chi connectivity index (χ0) is 18.2. The largest absolute Gasteiger partial charge is 0.348 e. The van der Waals surface area contributed by atoms with Crippen LogP contribution in [-0.4, -0.2) is 67.9 Å². The molecule has 0 bridgehead atoms. The summed E-state index contributed by atoms with van der Waals surface area (Å²) in [7, 11) is 2.12. The van der Waals surface area contributed by atoms with E-state index in [2.05, 4.69) is 34.4 Å². The average molecular weight is 343 g/mol. The number of nitrogens with zero attached hydrogens (tertiary/aromatic N) is 3. The smallest absolute Gasteiger partial charge is 0.313 e. The number of benzene rings is 1. The Labute approximate surface area is 148 Å². The monoisotopic (exact) mass is 343 g/mol. The van der Waals surface area contributed by atoms with Gasteiger partial charge in [-0.3, -0.25) is 9.59 Å². The lowest BCUT2D eigenvalue weighted by Gasteiger charge is -2.33. The van der Waals surface area contributed by atoms with Crippen LogP contribution < -0.4 is 10.6 Å². The van der Waals surface area contributed by atoms with Crippen LogP contribution in [0.1, 0.15) is 12.5 Å². The molecule has 0 aromatic heterocycles. The number of nitriles is 1. The third-order valence-corrected chi connectivity index (χ3v) is 4.23. The van der Waals surface area contributed by atoms with Crippen molar-refractivity contribution in [3.8, 4) is 6.07 Å². The van der Waals surface area contributed by atoms with Gasteiger partial charge in [0, 0.05) is 45.0 Å². The summed E-state index contributed by atoms with van der Waals surface area (Å²) in [5.41, 5.74) is 0.865. The molecule has 2 N–H and O–H groups in total. The summed E-state index contributed by atoms with van der Waals surface area (Å²) in [5.74, 6) is -1.11. The fourth-order valence-corrected chi connectivity index (χ4v) is 2.74. The van der Waals surface area contributed by atoms with Crippen molar-refractivity contribution in [3.05, 3.63) is 29.8 Å². The lowest BCUT2D eigenvalue weighted by Crippen LogP contribution is -2.47. The van der Waals surface area contributed by atoms with Gasteiger partial charge in [-0.1, -0.05) is 13.0 Å². The van der Waals surface area contributed by atoms with Crippen LogP contribution in [0, 0.1) is 17.2 Å². The number of likely N-dealkylation sites (N-methyl/N-ethyl adjacent to an activating group) is 1. The lowest BCUT2D eigenvalue weighted by molar-refractivity contribution is -0.136. The van der Waals surface area contributed by atoms with Gasteiger partial charge in [-0.2, -0.15) is 5.26 Å². The maximum Gasteiger partial charge on any atom is 0.313 e. The molecule has 0 saturated carbocycles. The Balaban J connectivity index is 1.73. The molecule has 7 heteroatoms. The first kappa shape index (κ1) is 18.9. The molecule has 1 aliphatic rings. The number of anilines is 1. The number of piperazine rings is 1. The summed E-state index contributed by atoms with van der Waals surface area (Å²) in [6.45, 7) is 7.60. The fraction of sp³-hybridized carbons (Fsp3) is 0.500. The second kappa shape index (κ2) is 9.16. The number of carbonyl (C=O) groups excluding carboxylic acids is 2. The molecule has 1 aliphatic heterocycles. The molecule has 1 saturated heterocycles. The van der Waals surface area contributed by atoms with Crippen LogP contribution in [0.25, 0.3) is 0 Å². The van der Waals surface area contributed by atoms with Crippen molar-refractivity contribution in [3.63, 3.8) is 0 Å². The van der Waals surface area contributed by atoms with E-state index in [1.54, 1.807) is 18.2 Å². The van der Waals surface area contributed by atoms with E-state index < -0.39 is 11.8 Å². The minimum Gasteiger partial charge on any atom is -0.348 e. The molecule has 0 spiro atoms. The van der Waals surface area contributed by atoms with Crippen LogP contribution in [0.4, 0.5) is 5.69 Å². The highest BCUT2D eigenvalue weighted by Crippen LogP contribution is 2.09. The maximum atomic E-state index is 11.9. The highest BCUT2D eigenvalue weighted by Gasteiger charge is 2.18. The van der Waals surface area contributed by atoms with Crippen molar-refractivity contribution in [2.75, 3.05) is 51.6 Å². The van der Waals surface area contributed by atoms with Gasteiger partial charge in [0.25, 0.3) is 0 Å². The highest BCUT2D eigenvalue weighted by molar-refractivity contribution is 6.39. The number of nitrogens with one attached hydrogen (secondary N) is 2.